The second kappa shape index (κ2) is 7.14. The van der Waals surface area contributed by atoms with E-state index in [4.69, 9.17) is 22.1 Å². The highest BCUT2D eigenvalue weighted by molar-refractivity contribution is 6.32. The van der Waals surface area contributed by atoms with E-state index in [0.29, 0.717) is 29.0 Å². The van der Waals surface area contributed by atoms with Crippen molar-refractivity contribution in [3.05, 3.63) is 22.7 Å². The van der Waals surface area contributed by atoms with Crippen molar-refractivity contribution in [2.75, 3.05) is 11.9 Å². The van der Waals surface area contributed by atoms with E-state index in [1.165, 1.54) is 12.8 Å². The van der Waals surface area contributed by atoms with Crippen LogP contribution in [0.1, 0.15) is 51.1 Å². The molecule has 2 unspecified atom stereocenters. The summed E-state index contributed by atoms with van der Waals surface area (Å²) in [5, 5.41) is 3.25. The highest BCUT2D eigenvalue weighted by atomic mass is 35.5. The summed E-state index contributed by atoms with van der Waals surface area (Å²) in [6.07, 6.45) is 4.66. The number of rotatable bonds is 7. The van der Waals surface area contributed by atoms with Crippen molar-refractivity contribution in [3.63, 3.8) is 0 Å². The van der Waals surface area contributed by atoms with Crippen molar-refractivity contribution in [3.8, 4) is 5.75 Å². The molecule has 0 saturated heterocycles. The van der Waals surface area contributed by atoms with Gasteiger partial charge in [-0.3, -0.25) is 4.79 Å². The molecule has 0 aromatic heterocycles. The van der Waals surface area contributed by atoms with Crippen molar-refractivity contribution in [1.82, 2.24) is 0 Å². The molecule has 21 heavy (non-hydrogen) atoms. The first-order valence-electron chi connectivity index (χ1n) is 7.59. The third-order valence-electron chi connectivity index (χ3n) is 4.00. The number of nitrogens with two attached hydrogens (primary N) is 1. The fourth-order valence-electron chi connectivity index (χ4n) is 2.50. The number of hydrogen-bond acceptors (Lipinski definition) is 3. The number of carbonyl (C=O) groups excluding carboxylic acids is 1. The predicted octanol–water partition coefficient (Wildman–Crippen LogP) is 3.89. The van der Waals surface area contributed by atoms with Crippen molar-refractivity contribution in [1.29, 1.82) is 0 Å². The minimum atomic E-state index is -0.639. The van der Waals surface area contributed by atoms with Gasteiger partial charge in [-0.2, -0.15) is 0 Å². The van der Waals surface area contributed by atoms with Gasteiger partial charge in [-0.25, -0.2) is 0 Å². The number of amides is 1. The van der Waals surface area contributed by atoms with Crippen LogP contribution in [0.5, 0.6) is 5.75 Å². The quantitative estimate of drug-likeness (QED) is 0.803. The first-order chi connectivity index (χ1) is 10.1. The molecule has 1 aliphatic heterocycles. The van der Waals surface area contributed by atoms with Crippen LogP contribution in [-0.4, -0.2) is 12.5 Å². The van der Waals surface area contributed by atoms with Gasteiger partial charge in [0.1, 0.15) is 11.8 Å². The first kappa shape index (κ1) is 16.1. The lowest BCUT2D eigenvalue weighted by Crippen LogP contribution is -2.19. The average molecular weight is 311 g/mol. The fraction of sp³-hybridized carbons (Fsp3) is 0.562. The molecule has 0 radical (unpaired) electrons. The number of hydrogen-bond donors (Lipinski definition) is 2. The van der Waals surface area contributed by atoms with E-state index in [-0.39, 0.29) is 5.91 Å². The van der Waals surface area contributed by atoms with Gasteiger partial charge in [-0.15, -0.1) is 0 Å². The van der Waals surface area contributed by atoms with Gasteiger partial charge in [0, 0.05) is 17.3 Å². The largest absolute Gasteiger partial charge is 0.492 e. The summed E-state index contributed by atoms with van der Waals surface area (Å²) in [5.41, 5.74) is 7.23. The topological polar surface area (TPSA) is 64.3 Å². The summed E-state index contributed by atoms with van der Waals surface area (Å²) < 4.78 is 5.86. The SMILES string of the molecule is CCCCC(CC)COc1cc2c(cc1Cl)C(N)C(=O)N2. The summed E-state index contributed by atoms with van der Waals surface area (Å²) in [7, 11) is 0. The second-order valence-electron chi connectivity index (χ2n) is 5.56. The molecule has 0 bridgehead atoms. The van der Waals surface area contributed by atoms with Crippen LogP contribution < -0.4 is 15.8 Å². The second-order valence-corrected chi connectivity index (χ2v) is 5.97. The van der Waals surface area contributed by atoms with E-state index in [1.54, 1.807) is 12.1 Å². The van der Waals surface area contributed by atoms with E-state index >= 15 is 0 Å². The number of halogens is 1. The molecule has 0 fully saturated rings. The Labute approximate surface area is 131 Å². The number of fused-ring (bicyclic) bond motifs is 1. The molecular formula is C16H23ClN2O2. The van der Waals surface area contributed by atoms with E-state index in [2.05, 4.69) is 19.2 Å². The highest BCUT2D eigenvalue weighted by Gasteiger charge is 2.28. The monoisotopic (exact) mass is 310 g/mol. The summed E-state index contributed by atoms with van der Waals surface area (Å²) in [5.74, 6) is 0.943. The normalized spacial score (nSPS) is 18.3. The minimum absolute atomic E-state index is 0.201. The molecule has 1 aromatic rings. The molecule has 4 nitrogen and oxygen atoms in total. The standard InChI is InChI=1S/C16H23ClN2O2/c1-3-5-6-10(4-2)9-21-14-8-13-11(7-12(14)17)15(18)16(20)19-13/h7-8,10,15H,3-6,9,18H2,1-2H3,(H,19,20). The molecule has 0 aliphatic carbocycles. The van der Waals surface area contributed by atoms with Gasteiger partial charge in [0.2, 0.25) is 5.91 Å². The van der Waals surface area contributed by atoms with Gasteiger partial charge in [0.15, 0.2) is 0 Å². The Bertz CT molecular complexity index is 519. The van der Waals surface area contributed by atoms with E-state index in [1.807, 2.05) is 0 Å². The zero-order valence-corrected chi connectivity index (χ0v) is 13.4. The fourth-order valence-corrected chi connectivity index (χ4v) is 2.73. The molecule has 116 valence electrons. The van der Waals surface area contributed by atoms with Gasteiger partial charge in [-0.1, -0.05) is 44.7 Å². The minimum Gasteiger partial charge on any atom is -0.492 e. The Hall–Kier alpha value is -1.26. The maximum atomic E-state index is 11.6. The Morgan fingerprint density at radius 1 is 1.43 bits per heavy atom. The lowest BCUT2D eigenvalue weighted by Gasteiger charge is -2.17. The van der Waals surface area contributed by atoms with Crippen LogP contribution in [0, 0.1) is 5.92 Å². The van der Waals surface area contributed by atoms with Gasteiger partial charge < -0.3 is 15.8 Å². The zero-order chi connectivity index (χ0) is 15.4. The Morgan fingerprint density at radius 2 is 2.19 bits per heavy atom. The molecule has 2 atom stereocenters. The number of unbranched alkanes of at least 4 members (excludes halogenated alkanes) is 1. The van der Waals surface area contributed by atoms with Gasteiger partial charge >= 0.3 is 0 Å². The summed E-state index contributed by atoms with van der Waals surface area (Å²) >= 11 is 6.23. The molecular weight excluding hydrogens is 288 g/mol. The first-order valence-corrected chi connectivity index (χ1v) is 7.97. The average Bonchev–Trinajstić information content (AvgIpc) is 2.74. The summed E-state index contributed by atoms with van der Waals surface area (Å²) in [4.78, 5) is 11.6. The number of ether oxygens (including phenoxy) is 1. The number of nitrogens with one attached hydrogen (secondary N) is 1. The number of carbonyl (C=O) groups is 1. The maximum Gasteiger partial charge on any atom is 0.245 e. The molecule has 5 heteroatoms. The van der Waals surface area contributed by atoms with Gasteiger partial charge in [0.25, 0.3) is 0 Å². The Kier molecular flexibility index (Phi) is 5.48. The third kappa shape index (κ3) is 3.69. The predicted molar refractivity (Wildman–Crippen MR) is 85.8 cm³/mol. The molecule has 1 amide bonds. The Balaban J connectivity index is 2.05. The van der Waals surface area contributed by atoms with Crippen LogP contribution in [0.25, 0.3) is 0 Å². The van der Waals surface area contributed by atoms with Crippen molar-refractivity contribution >= 4 is 23.2 Å². The summed E-state index contributed by atoms with van der Waals surface area (Å²) in [6, 6.07) is 2.86. The van der Waals surface area contributed by atoms with E-state index < -0.39 is 6.04 Å². The van der Waals surface area contributed by atoms with Gasteiger partial charge in [-0.05, 0) is 18.4 Å². The zero-order valence-electron chi connectivity index (χ0n) is 12.6. The molecule has 1 aliphatic rings. The van der Waals surface area contributed by atoms with E-state index in [0.717, 1.165) is 18.4 Å². The molecule has 1 aromatic carbocycles. The molecule has 0 saturated carbocycles. The van der Waals surface area contributed by atoms with Gasteiger partial charge in [0.05, 0.1) is 11.6 Å². The highest BCUT2D eigenvalue weighted by Crippen LogP contribution is 2.37. The van der Waals surface area contributed by atoms with E-state index in [9.17, 15) is 4.79 Å². The number of benzene rings is 1. The van der Waals surface area contributed by atoms with Crippen molar-refractivity contribution in [2.45, 2.75) is 45.6 Å². The van der Waals surface area contributed by atoms with Crippen LogP contribution in [0.3, 0.4) is 0 Å². The lowest BCUT2D eigenvalue weighted by molar-refractivity contribution is -0.116. The van der Waals surface area contributed by atoms with Crippen LogP contribution in [0.15, 0.2) is 12.1 Å². The van der Waals surface area contributed by atoms with Crippen LogP contribution in [-0.2, 0) is 4.79 Å². The van der Waals surface area contributed by atoms with Crippen molar-refractivity contribution in [2.24, 2.45) is 11.7 Å². The lowest BCUT2D eigenvalue weighted by atomic mass is 10.0. The van der Waals surface area contributed by atoms with Crippen LogP contribution in [0.4, 0.5) is 5.69 Å². The van der Waals surface area contributed by atoms with Crippen molar-refractivity contribution < 1.29 is 9.53 Å². The smallest absolute Gasteiger partial charge is 0.245 e. The van der Waals surface area contributed by atoms with Crippen LogP contribution in [0.2, 0.25) is 5.02 Å². The molecule has 3 N–H and O–H groups in total. The molecule has 1 heterocycles. The Morgan fingerprint density at radius 3 is 2.86 bits per heavy atom. The molecule has 2 rings (SSSR count). The molecule has 0 spiro atoms. The third-order valence-corrected chi connectivity index (χ3v) is 4.29. The van der Waals surface area contributed by atoms with Crippen LogP contribution >= 0.6 is 11.6 Å². The number of anilines is 1. The maximum absolute atomic E-state index is 11.6. The summed E-state index contributed by atoms with van der Waals surface area (Å²) in [6.45, 7) is 5.01.